The van der Waals surface area contributed by atoms with Crippen LogP contribution in [-0.2, 0) is 0 Å². The van der Waals surface area contributed by atoms with Crippen LogP contribution in [0.5, 0.6) is 5.75 Å². The highest BCUT2D eigenvalue weighted by Gasteiger charge is 2.34. The Bertz CT molecular complexity index is 505. The van der Waals surface area contributed by atoms with Crippen LogP contribution in [-0.4, -0.2) is 49.3 Å². The first kappa shape index (κ1) is 14.7. The van der Waals surface area contributed by atoms with Crippen LogP contribution in [0.15, 0.2) is 18.2 Å². The van der Waals surface area contributed by atoms with E-state index < -0.39 is 0 Å². The molecule has 3 atom stereocenters. The van der Waals surface area contributed by atoms with E-state index in [4.69, 9.17) is 0 Å². The summed E-state index contributed by atoms with van der Waals surface area (Å²) in [7, 11) is 4.18. The molecule has 0 radical (unpaired) electrons. The van der Waals surface area contributed by atoms with Crippen LogP contribution in [0.3, 0.4) is 0 Å². The Morgan fingerprint density at radius 3 is 2.71 bits per heavy atom. The number of rotatable bonds is 3. The van der Waals surface area contributed by atoms with Gasteiger partial charge in [-0.25, -0.2) is 0 Å². The number of nitrogens with one attached hydrogen (secondary N) is 1. The van der Waals surface area contributed by atoms with Crippen molar-refractivity contribution < 1.29 is 5.11 Å². The summed E-state index contributed by atoms with van der Waals surface area (Å²) in [6, 6.07) is 7.72. The number of benzene rings is 1. The third kappa shape index (κ3) is 2.74. The predicted molar refractivity (Wildman–Crippen MR) is 87.0 cm³/mol. The zero-order valence-electron chi connectivity index (χ0n) is 13.3. The Kier molecular flexibility index (Phi) is 4.09. The van der Waals surface area contributed by atoms with Crippen molar-refractivity contribution in [3.63, 3.8) is 0 Å². The van der Waals surface area contributed by atoms with Gasteiger partial charge in [-0.05, 0) is 46.3 Å². The number of anilines is 1. The molecule has 1 aromatic carbocycles. The van der Waals surface area contributed by atoms with Crippen molar-refractivity contribution in [2.45, 2.75) is 44.3 Å². The molecular formula is C17H27N3O. The van der Waals surface area contributed by atoms with Crippen molar-refractivity contribution in [1.82, 2.24) is 10.2 Å². The largest absolute Gasteiger partial charge is 0.508 e. The molecule has 3 rings (SSSR count). The zero-order chi connectivity index (χ0) is 15.0. The number of likely N-dealkylation sites (N-methyl/N-ethyl adjacent to an activating group) is 1. The quantitative estimate of drug-likeness (QED) is 0.896. The number of fused-ring (bicyclic) bond motifs is 2. The molecule has 116 valence electrons. The summed E-state index contributed by atoms with van der Waals surface area (Å²) in [6.07, 6.45) is 3.87. The monoisotopic (exact) mass is 289 g/mol. The van der Waals surface area contributed by atoms with E-state index in [1.54, 1.807) is 0 Å². The summed E-state index contributed by atoms with van der Waals surface area (Å²) in [5.74, 6) is 0.400. The molecule has 0 spiro atoms. The molecule has 2 heterocycles. The van der Waals surface area contributed by atoms with Crippen LogP contribution >= 0.6 is 0 Å². The molecule has 2 aliphatic rings. The number of phenols is 1. The van der Waals surface area contributed by atoms with Crippen molar-refractivity contribution in [1.29, 1.82) is 0 Å². The summed E-state index contributed by atoms with van der Waals surface area (Å²) in [5.41, 5.74) is 2.12. The summed E-state index contributed by atoms with van der Waals surface area (Å²) >= 11 is 0. The standard InChI is InChI=1S/C17H27N3O/c1-12(18-2)16-7-6-14(10-17(16)21)20-9-8-13-4-5-15(11-20)19(13)3/h6-7,10,12-13,15,18,21H,4-5,8-9,11H2,1-3H3. The van der Waals surface area contributed by atoms with Crippen LogP contribution in [0.25, 0.3) is 0 Å². The molecule has 1 aromatic rings. The van der Waals surface area contributed by atoms with Gasteiger partial charge in [0.15, 0.2) is 0 Å². The topological polar surface area (TPSA) is 38.7 Å². The summed E-state index contributed by atoms with van der Waals surface area (Å²) in [4.78, 5) is 4.99. The first-order valence-electron chi connectivity index (χ1n) is 8.07. The van der Waals surface area contributed by atoms with E-state index in [-0.39, 0.29) is 6.04 Å². The molecule has 0 aliphatic carbocycles. The minimum atomic E-state index is 0.172. The van der Waals surface area contributed by atoms with Crippen LogP contribution < -0.4 is 10.2 Å². The maximum Gasteiger partial charge on any atom is 0.122 e. The number of hydrogen-bond acceptors (Lipinski definition) is 4. The van der Waals surface area contributed by atoms with E-state index in [1.807, 2.05) is 13.1 Å². The number of hydrogen-bond donors (Lipinski definition) is 2. The van der Waals surface area contributed by atoms with Gasteiger partial charge in [-0.15, -0.1) is 0 Å². The second-order valence-corrected chi connectivity index (χ2v) is 6.54. The van der Waals surface area contributed by atoms with Gasteiger partial charge in [-0.1, -0.05) is 6.07 Å². The molecule has 0 amide bonds. The third-order valence-corrected chi connectivity index (χ3v) is 5.43. The van der Waals surface area contributed by atoms with Gasteiger partial charge >= 0.3 is 0 Å². The van der Waals surface area contributed by atoms with Crippen LogP contribution in [0.2, 0.25) is 0 Å². The number of phenolic OH excluding ortho intramolecular Hbond substituents is 1. The normalized spacial score (nSPS) is 27.7. The Morgan fingerprint density at radius 1 is 1.24 bits per heavy atom. The van der Waals surface area contributed by atoms with Crippen molar-refractivity contribution >= 4 is 5.69 Å². The van der Waals surface area contributed by atoms with Gasteiger partial charge in [0.05, 0.1) is 0 Å². The van der Waals surface area contributed by atoms with E-state index in [9.17, 15) is 5.11 Å². The summed E-state index contributed by atoms with van der Waals surface area (Å²) in [5, 5.41) is 13.5. The Balaban J connectivity index is 1.79. The molecule has 2 N–H and O–H groups in total. The lowest BCUT2D eigenvalue weighted by atomic mass is 10.0. The lowest BCUT2D eigenvalue weighted by Gasteiger charge is -2.28. The molecule has 2 aliphatic heterocycles. The summed E-state index contributed by atoms with van der Waals surface area (Å²) in [6.45, 7) is 4.23. The zero-order valence-corrected chi connectivity index (χ0v) is 13.3. The average Bonchev–Trinajstić information content (AvgIpc) is 2.71. The highest BCUT2D eigenvalue weighted by atomic mass is 16.3. The van der Waals surface area contributed by atoms with Crippen LogP contribution in [0.1, 0.15) is 37.8 Å². The maximum absolute atomic E-state index is 10.3. The fraction of sp³-hybridized carbons (Fsp3) is 0.647. The molecule has 3 unspecified atom stereocenters. The first-order valence-corrected chi connectivity index (χ1v) is 8.07. The van der Waals surface area contributed by atoms with Crippen LogP contribution in [0, 0.1) is 0 Å². The molecular weight excluding hydrogens is 262 g/mol. The minimum Gasteiger partial charge on any atom is -0.508 e. The first-order chi connectivity index (χ1) is 10.1. The number of aromatic hydroxyl groups is 1. The fourth-order valence-corrected chi connectivity index (χ4v) is 3.79. The molecule has 21 heavy (non-hydrogen) atoms. The molecule has 2 saturated heterocycles. The van der Waals surface area contributed by atoms with Gasteiger partial charge in [-0.3, -0.25) is 4.90 Å². The van der Waals surface area contributed by atoms with E-state index in [0.29, 0.717) is 11.8 Å². The lowest BCUT2D eigenvalue weighted by molar-refractivity contribution is 0.254. The smallest absolute Gasteiger partial charge is 0.122 e. The van der Waals surface area contributed by atoms with E-state index in [2.05, 4.69) is 41.2 Å². The molecule has 4 heteroatoms. The predicted octanol–water partition coefficient (Wildman–Crippen LogP) is 2.35. The Hall–Kier alpha value is -1.26. The molecule has 4 nitrogen and oxygen atoms in total. The van der Waals surface area contributed by atoms with Gasteiger partial charge in [0, 0.05) is 48.5 Å². The van der Waals surface area contributed by atoms with Gasteiger partial charge in [-0.2, -0.15) is 0 Å². The van der Waals surface area contributed by atoms with Gasteiger partial charge in [0.25, 0.3) is 0 Å². The number of nitrogens with zero attached hydrogens (tertiary/aromatic N) is 2. The van der Waals surface area contributed by atoms with Gasteiger partial charge in [0.2, 0.25) is 0 Å². The Labute approximate surface area is 127 Å². The molecule has 2 bridgehead atoms. The fourth-order valence-electron chi connectivity index (χ4n) is 3.79. The molecule has 0 saturated carbocycles. The highest BCUT2D eigenvalue weighted by Crippen LogP contribution is 2.33. The van der Waals surface area contributed by atoms with E-state index in [0.717, 1.165) is 30.4 Å². The van der Waals surface area contributed by atoms with Crippen molar-refractivity contribution in [2.24, 2.45) is 0 Å². The van der Waals surface area contributed by atoms with Crippen molar-refractivity contribution in [2.75, 3.05) is 32.1 Å². The van der Waals surface area contributed by atoms with E-state index in [1.165, 1.54) is 19.3 Å². The maximum atomic E-state index is 10.3. The SMILES string of the molecule is CNC(C)c1ccc(N2CCC3CCC(C2)N3C)cc1O. The molecule has 0 aromatic heterocycles. The van der Waals surface area contributed by atoms with Crippen molar-refractivity contribution in [3.05, 3.63) is 23.8 Å². The van der Waals surface area contributed by atoms with E-state index >= 15 is 0 Å². The lowest BCUT2D eigenvalue weighted by Crippen LogP contribution is -2.36. The molecule has 2 fully saturated rings. The second-order valence-electron chi connectivity index (χ2n) is 6.54. The Morgan fingerprint density at radius 2 is 2.00 bits per heavy atom. The highest BCUT2D eigenvalue weighted by molar-refractivity contribution is 5.54. The minimum absolute atomic E-state index is 0.172. The summed E-state index contributed by atoms with van der Waals surface area (Å²) < 4.78 is 0. The average molecular weight is 289 g/mol. The second kappa shape index (κ2) is 5.85. The van der Waals surface area contributed by atoms with Gasteiger partial charge < -0.3 is 15.3 Å². The van der Waals surface area contributed by atoms with Gasteiger partial charge in [0.1, 0.15) is 5.75 Å². The van der Waals surface area contributed by atoms with Crippen molar-refractivity contribution in [3.8, 4) is 5.75 Å². The third-order valence-electron chi connectivity index (χ3n) is 5.43. The van der Waals surface area contributed by atoms with Crippen LogP contribution in [0.4, 0.5) is 5.69 Å².